The molecule has 0 fully saturated rings. The third-order valence-electron chi connectivity index (χ3n) is 3.48. The van der Waals surface area contributed by atoms with Crippen LogP contribution in [0, 0.1) is 12.8 Å². The minimum Gasteiger partial charge on any atom is -0.361 e. The average molecular weight is 302 g/mol. The molecule has 3 heteroatoms. The maximum atomic E-state index is 4.75. The zero-order valence-corrected chi connectivity index (χ0v) is 14.8. The van der Waals surface area contributed by atoms with Crippen LogP contribution in [-0.2, 0) is 5.41 Å². The molecule has 1 heterocycles. The predicted molar refractivity (Wildman–Crippen MR) is 94.3 cm³/mol. The molecule has 0 saturated carbocycles. The Kier molecular flexibility index (Phi) is 4.72. The van der Waals surface area contributed by atoms with Crippen LogP contribution in [0.4, 0.5) is 5.13 Å². The third kappa shape index (κ3) is 4.07. The summed E-state index contributed by atoms with van der Waals surface area (Å²) < 4.78 is 0. The van der Waals surface area contributed by atoms with Crippen molar-refractivity contribution in [3.8, 4) is 11.3 Å². The third-order valence-corrected chi connectivity index (χ3v) is 4.41. The van der Waals surface area contributed by atoms with Crippen molar-refractivity contribution in [3.63, 3.8) is 0 Å². The van der Waals surface area contributed by atoms with Gasteiger partial charge in [-0.3, -0.25) is 0 Å². The normalized spacial score (nSPS) is 12.0. The van der Waals surface area contributed by atoms with E-state index in [9.17, 15) is 0 Å². The maximum Gasteiger partial charge on any atom is 0.183 e. The summed E-state index contributed by atoms with van der Waals surface area (Å²) in [5, 5.41) is 4.44. The molecule has 0 spiro atoms. The van der Waals surface area contributed by atoms with Gasteiger partial charge in [0.05, 0.1) is 5.69 Å². The van der Waals surface area contributed by atoms with Crippen LogP contribution in [-0.4, -0.2) is 11.5 Å². The molecule has 0 bridgehead atoms. The van der Waals surface area contributed by atoms with E-state index in [1.165, 1.54) is 16.0 Å². The van der Waals surface area contributed by atoms with Crippen molar-refractivity contribution in [1.82, 2.24) is 4.98 Å². The molecule has 1 aromatic heterocycles. The van der Waals surface area contributed by atoms with E-state index in [0.717, 1.165) is 17.4 Å². The van der Waals surface area contributed by atoms with E-state index in [0.29, 0.717) is 5.92 Å². The number of benzene rings is 1. The van der Waals surface area contributed by atoms with Crippen LogP contribution in [0.2, 0.25) is 0 Å². The summed E-state index contributed by atoms with van der Waals surface area (Å²) in [7, 11) is 0. The SMILES string of the molecule is Cc1sc(NCC(C)C)nc1-c1ccc(C(C)(C)C)cc1. The molecule has 0 saturated heterocycles. The van der Waals surface area contributed by atoms with Gasteiger partial charge in [-0.2, -0.15) is 0 Å². The average Bonchev–Trinajstić information content (AvgIpc) is 2.77. The fourth-order valence-corrected chi connectivity index (χ4v) is 3.00. The Morgan fingerprint density at radius 2 is 1.76 bits per heavy atom. The number of hydrogen-bond donors (Lipinski definition) is 1. The molecule has 114 valence electrons. The van der Waals surface area contributed by atoms with Gasteiger partial charge in [0.25, 0.3) is 0 Å². The molecular formula is C18H26N2S. The second kappa shape index (κ2) is 6.18. The van der Waals surface area contributed by atoms with Gasteiger partial charge in [-0.1, -0.05) is 58.9 Å². The van der Waals surface area contributed by atoms with Crippen LogP contribution in [0.25, 0.3) is 11.3 Å². The summed E-state index contributed by atoms with van der Waals surface area (Å²) in [4.78, 5) is 6.02. The van der Waals surface area contributed by atoms with Crippen LogP contribution in [0.3, 0.4) is 0 Å². The number of nitrogens with one attached hydrogen (secondary N) is 1. The van der Waals surface area contributed by atoms with Crippen LogP contribution in [0.1, 0.15) is 45.1 Å². The molecular weight excluding hydrogens is 276 g/mol. The van der Waals surface area contributed by atoms with Gasteiger partial charge in [-0.15, -0.1) is 11.3 Å². The van der Waals surface area contributed by atoms with Gasteiger partial charge in [0.1, 0.15) is 0 Å². The van der Waals surface area contributed by atoms with Gasteiger partial charge in [-0.05, 0) is 23.8 Å². The van der Waals surface area contributed by atoms with Crippen LogP contribution in [0.5, 0.6) is 0 Å². The van der Waals surface area contributed by atoms with Crippen molar-refractivity contribution in [2.45, 2.75) is 47.0 Å². The highest BCUT2D eigenvalue weighted by molar-refractivity contribution is 7.16. The fourth-order valence-electron chi connectivity index (χ4n) is 2.16. The lowest BCUT2D eigenvalue weighted by molar-refractivity contribution is 0.590. The van der Waals surface area contributed by atoms with E-state index in [1.807, 2.05) is 0 Å². The molecule has 2 aromatic rings. The number of hydrogen-bond acceptors (Lipinski definition) is 3. The Balaban J connectivity index is 2.22. The molecule has 0 aliphatic heterocycles. The monoisotopic (exact) mass is 302 g/mol. The van der Waals surface area contributed by atoms with Crippen LogP contribution in [0.15, 0.2) is 24.3 Å². The second-order valence-electron chi connectivity index (χ2n) is 7.03. The number of aryl methyl sites for hydroxylation is 1. The molecule has 1 aromatic carbocycles. The largest absolute Gasteiger partial charge is 0.361 e. The van der Waals surface area contributed by atoms with Crippen molar-refractivity contribution < 1.29 is 0 Å². The standard InChI is InChI=1S/C18H26N2S/c1-12(2)11-19-17-20-16(13(3)21-17)14-7-9-15(10-8-14)18(4,5)6/h7-10,12H,11H2,1-6H3,(H,19,20). The molecule has 0 atom stereocenters. The van der Waals surface area contributed by atoms with Crippen molar-refractivity contribution >= 4 is 16.5 Å². The summed E-state index contributed by atoms with van der Waals surface area (Å²) in [6, 6.07) is 8.81. The maximum absolute atomic E-state index is 4.75. The first-order valence-electron chi connectivity index (χ1n) is 7.59. The van der Waals surface area contributed by atoms with Gasteiger partial charge in [0, 0.05) is 17.0 Å². The molecule has 2 nitrogen and oxygen atoms in total. The molecule has 0 amide bonds. The quantitative estimate of drug-likeness (QED) is 0.808. The summed E-state index contributed by atoms with van der Waals surface area (Å²) in [5.41, 5.74) is 3.86. The first-order valence-corrected chi connectivity index (χ1v) is 8.41. The minimum absolute atomic E-state index is 0.194. The first kappa shape index (κ1) is 16.0. The van der Waals surface area contributed by atoms with E-state index >= 15 is 0 Å². The lowest BCUT2D eigenvalue weighted by Crippen LogP contribution is -2.10. The summed E-state index contributed by atoms with van der Waals surface area (Å²) in [6.45, 7) is 14.2. The van der Waals surface area contributed by atoms with Crippen LogP contribution < -0.4 is 5.32 Å². The van der Waals surface area contributed by atoms with E-state index < -0.39 is 0 Å². The van der Waals surface area contributed by atoms with E-state index in [4.69, 9.17) is 4.98 Å². The Morgan fingerprint density at radius 1 is 1.14 bits per heavy atom. The lowest BCUT2D eigenvalue weighted by atomic mass is 9.86. The molecule has 0 aliphatic carbocycles. The predicted octanol–water partition coefficient (Wildman–Crippen LogP) is 5.48. The zero-order valence-electron chi connectivity index (χ0n) is 13.9. The molecule has 2 rings (SSSR count). The number of nitrogens with zero attached hydrogens (tertiary/aromatic N) is 1. The highest BCUT2D eigenvalue weighted by atomic mass is 32.1. The van der Waals surface area contributed by atoms with Gasteiger partial charge in [0.15, 0.2) is 5.13 Å². The topological polar surface area (TPSA) is 24.9 Å². The fraction of sp³-hybridized carbons (Fsp3) is 0.500. The number of aromatic nitrogens is 1. The van der Waals surface area contributed by atoms with Crippen molar-refractivity contribution in [2.24, 2.45) is 5.92 Å². The van der Waals surface area contributed by atoms with Gasteiger partial charge in [-0.25, -0.2) is 4.98 Å². The minimum atomic E-state index is 0.194. The molecule has 0 radical (unpaired) electrons. The second-order valence-corrected chi connectivity index (χ2v) is 8.23. The summed E-state index contributed by atoms with van der Waals surface area (Å²) in [6.07, 6.45) is 0. The Morgan fingerprint density at radius 3 is 2.29 bits per heavy atom. The molecule has 0 unspecified atom stereocenters. The van der Waals surface area contributed by atoms with Crippen molar-refractivity contribution in [2.75, 3.05) is 11.9 Å². The van der Waals surface area contributed by atoms with Crippen molar-refractivity contribution in [1.29, 1.82) is 0 Å². The first-order chi connectivity index (χ1) is 9.77. The number of rotatable bonds is 4. The van der Waals surface area contributed by atoms with E-state index in [1.54, 1.807) is 11.3 Å². The van der Waals surface area contributed by atoms with Crippen LogP contribution >= 0.6 is 11.3 Å². The highest BCUT2D eigenvalue weighted by Crippen LogP contribution is 2.32. The Bertz CT molecular complexity index is 589. The van der Waals surface area contributed by atoms with Gasteiger partial charge >= 0.3 is 0 Å². The Labute approximate surface area is 132 Å². The summed E-state index contributed by atoms with van der Waals surface area (Å²) >= 11 is 1.74. The van der Waals surface area contributed by atoms with Gasteiger partial charge < -0.3 is 5.32 Å². The molecule has 1 N–H and O–H groups in total. The highest BCUT2D eigenvalue weighted by Gasteiger charge is 2.15. The number of anilines is 1. The van der Waals surface area contributed by atoms with Crippen molar-refractivity contribution in [3.05, 3.63) is 34.7 Å². The molecule has 0 aliphatic rings. The van der Waals surface area contributed by atoms with E-state index in [-0.39, 0.29) is 5.41 Å². The number of thiazole rings is 1. The summed E-state index contributed by atoms with van der Waals surface area (Å²) in [5.74, 6) is 0.628. The lowest BCUT2D eigenvalue weighted by Gasteiger charge is -2.19. The molecule has 21 heavy (non-hydrogen) atoms. The smallest absolute Gasteiger partial charge is 0.183 e. The van der Waals surface area contributed by atoms with Gasteiger partial charge in [0.2, 0.25) is 0 Å². The van der Waals surface area contributed by atoms with E-state index in [2.05, 4.69) is 71.1 Å². The zero-order chi connectivity index (χ0) is 15.6. The Hall–Kier alpha value is -1.35.